The van der Waals surface area contributed by atoms with Gasteiger partial charge in [-0.05, 0) is 48.9 Å². The van der Waals surface area contributed by atoms with Crippen molar-refractivity contribution in [1.82, 2.24) is 5.32 Å². The predicted molar refractivity (Wildman–Crippen MR) is 101 cm³/mol. The highest BCUT2D eigenvalue weighted by molar-refractivity contribution is 5.89. The van der Waals surface area contributed by atoms with Crippen molar-refractivity contribution >= 4 is 17.4 Å². The fourth-order valence-electron chi connectivity index (χ4n) is 2.41. The van der Waals surface area contributed by atoms with Gasteiger partial charge < -0.3 is 25.0 Å². The smallest absolute Gasteiger partial charge is 0.319 e. The molecule has 0 aliphatic carbocycles. The number of methoxy groups -OCH3 is 2. The molecule has 0 spiro atoms. The summed E-state index contributed by atoms with van der Waals surface area (Å²) < 4.78 is 10.5. The molecule has 0 aliphatic heterocycles. The summed E-state index contributed by atoms with van der Waals surface area (Å²) in [5.74, 6) is 1.29. The van der Waals surface area contributed by atoms with Crippen LogP contribution in [0.3, 0.4) is 0 Å². The van der Waals surface area contributed by atoms with Gasteiger partial charge in [0.1, 0.15) is 0 Å². The highest BCUT2D eigenvalue weighted by Crippen LogP contribution is 2.29. The van der Waals surface area contributed by atoms with Crippen LogP contribution in [0.15, 0.2) is 42.5 Å². The topological polar surface area (TPSA) is 62.8 Å². The first-order chi connectivity index (χ1) is 11.9. The highest BCUT2D eigenvalue weighted by Gasteiger charge is 2.13. The van der Waals surface area contributed by atoms with Crippen molar-refractivity contribution in [2.45, 2.75) is 13.0 Å². The number of ether oxygens (including phenoxy) is 2. The van der Waals surface area contributed by atoms with Gasteiger partial charge in [-0.2, -0.15) is 0 Å². The Morgan fingerprint density at radius 1 is 1.00 bits per heavy atom. The molecule has 0 fully saturated rings. The van der Waals surface area contributed by atoms with Crippen molar-refractivity contribution < 1.29 is 14.3 Å². The third kappa shape index (κ3) is 4.79. The third-order valence-corrected chi connectivity index (χ3v) is 3.90. The highest BCUT2D eigenvalue weighted by atomic mass is 16.5. The predicted octanol–water partition coefficient (Wildman–Crippen LogP) is 3.65. The van der Waals surface area contributed by atoms with Crippen LogP contribution in [-0.2, 0) is 0 Å². The second-order valence-corrected chi connectivity index (χ2v) is 5.88. The van der Waals surface area contributed by atoms with E-state index < -0.39 is 0 Å². The second-order valence-electron chi connectivity index (χ2n) is 5.88. The van der Waals surface area contributed by atoms with E-state index in [9.17, 15) is 4.79 Å². The first kappa shape index (κ1) is 18.4. The number of nitrogens with one attached hydrogen (secondary N) is 2. The van der Waals surface area contributed by atoms with Gasteiger partial charge in [0.25, 0.3) is 0 Å². The van der Waals surface area contributed by atoms with Crippen molar-refractivity contribution in [3.63, 3.8) is 0 Å². The largest absolute Gasteiger partial charge is 0.493 e. The Balaban J connectivity index is 2.00. The molecule has 0 heterocycles. The van der Waals surface area contributed by atoms with E-state index in [1.807, 2.05) is 68.4 Å². The molecular formula is C19H25N3O3. The minimum atomic E-state index is -0.264. The normalized spacial score (nSPS) is 11.4. The number of carbonyl (C=O) groups is 1. The quantitative estimate of drug-likeness (QED) is 0.840. The van der Waals surface area contributed by atoms with Gasteiger partial charge in [-0.3, -0.25) is 0 Å². The van der Waals surface area contributed by atoms with Crippen LogP contribution in [0.4, 0.5) is 16.2 Å². The summed E-state index contributed by atoms with van der Waals surface area (Å²) in [4.78, 5) is 14.2. The molecule has 0 aliphatic rings. The molecule has 134 valence electrons. The molecule has 2 amide bonds. The van der Waals surface area contributed by atoms with Crippen molar-refractivity contribution in [1.29, 1.82) is 0 Å². The van der Waals surface area contributed by atoms with Crippen molar-refractivity contribution in [2.75, 3.05) is 38.5 Å². The lowest BCUT2D eigenvalue weighted by molar-refractivity contribution is 0.249. The maximum absolute atomic E-state index is 12.2. The maximum Gasteiger partial charge on any atom is 0.319 e. The molecule has 0 aromatic heterocycles. The van der Waals surface area contributed by atoms with Crippen LogP contribution in [0.5, 0.6) is 11.5 Å². The van der Waals surface area contributed by atoms with Gasteiger partial charge in [-0.1, -0.05) is 6.07 Å². The monoisotopic (exact) mass is 343 g/mol. The van der Waals surface area contributed by atoms with E-state index in [4.69, 9.17) is 9.47 Å². The molecule has 0 saturated heterocycles. The van der Waals surface area contributed by atoms with Crippen LogP contribution >= 0.6 is 0 Å². The average molecular weight is 343 g/mol. The third-order valence-electron chi connectivity index (χ3n) is 3.90. The zero-order valence-corrected chi connectivity index (χ0v) is 15.3. The van der Waals surface area contributed by atoms with Crippen LogP contribution in [0, 0.1) is 0 Å². The molecule has 2 N–H and O–H groups in total. The number of anilines is 2. The summed E-state index contributed by atoms with van der Waals surface area (Å²) in [6.45, 7) is 1.91. The van der Waals surface area contributed by atoms with E-state index in [2.05, 4.69) is 10.6 Å². The Hall–Kier alpha value is -2.89. The molecule has 6 nitrogen and oxygen atoms in total. The summed E-state index contributed by atoms with van der Waals surface area (Å²) in [5.41, 5.74) is 2.74. The van der Waals surface area contributed by atoms with E-state index in [1.54, 1.807) is 14.2 Å². The van der Waals surface area contributed by atoms with Crippen molar-refractivity contribution in [3.8, 4) is 11.5 Å². The fraction of sp³-hybridized carbons (Fsp3) is 0.316. The zero-order valence-electron chi connectivity index (χ0n) is 15.3. The number of benzene rings is 2. The summed E-state index contributed by atoms with van der Waals surface area (Å²) in [7, 11) is 7.12. The first-order valence-corrected chi connectivity index (χ1v) is 8.01. The molecule has 0 radical (unpaired) electrons. The molecule has 2 aromatic carbocycles. The fourth-order valence-corrected chi connectivity index (χ4v) is 2.41. The van der Waals surface area contributed by atoms with E-state index >= 15 is 0 Å². The van der Waals surface area contributed by atoms with E-state index in [0.717, 1.165) is 16.9 Å². The summed E-state index contributed by atoms with van der Waals surface area (Å²) in [5, 5.41) is 5.75. The molecule has 0 saturated carbocycles. The minimum Gasteiger partial charge on any atom is -0.493 e. The standard InChI is InChI=1S/C19H25N3O3/c1-13(14-6-11-17(24-4)18(12-14)25-5)20-19(23)21-15-7-9-16(10-8-15)22(2)3/h6-13H,1-5H3,(H2,20,21,23). The Kier molecular flexibility index (Phi) is 6.11. The van der Waals surface area contributed by atoms with Crippen LogP contribution in [0.2, 0.25) is 0 Å². The second kappa shape index (κ2) is 8.28. The lowest BCUT2D eigenvalue weighted by atomic mass is 10.1. The van der Waals surface area contributed by atoms with Gasteiger partial charge in [0.15, 0.2) is 11.5 Å². The summed E-state index contributed by atoms with van der Waals surface area (Å²) >= 11 is 0. The van der Waals surface area contributed by atoms with E-state index in [0.29, 0.717) is 11.5 Å². The van der Waals surface area contributed by atoms with Gasteiger partial charge >= 0.3 is 6.03 Å². The number of nitrogens with zero attached hydrogens (tertiary/aromatic N) is 1. The molecule has 6 heteroatoms. The number of urea groups is 1. The summed E-state index contributed by atoms with van der Waals surface area (Å²) in [6.07, 6.45) is 0. The maximum atomic E-state index is 12.2. The van der Waals surface area contributed by atoms with Crippen molar-refractivity contribution in [2.24, 2.45) is 0 Å². The van der Waals surface area contributed by atoms with Gasteiger partial charge in [0, 0.05) is 25.5 Å². The molecule has 2 aromatic rings. The van der Waals surface area contributed by atoms with Gasteiger partial charge in [-0.25, -0.2) is 4.79 Å². The lowest BCUT2D eigenvalue weighted by Crippen LogP contribution is -2.31. The molecule has 1 unspecified atom stereocenters. The number of amides is 2. The van der Waals surface area contributed by atoms with Crippen molar-refractivity contribution in [3.05, 3.63) is 48.0 Å². The lowest BCUT2D eigenvalue weighted by Gasteiger charge is -2.17. The molecule has 25 heavy (non-hydrogen) atoms. The van der Waals surface area contributed by atoms with Gasteiger partial charge in [0.2, 0.25) is 0 Å². The zero-order chi connectivity index (χ0) is 18.4. The molecule has 0 bridgehead atoms. The van der Waals surface area contributed by atoms with Crippen LogP contribution in [-0.4, -0.2) is 34.3 Å². The molecule has 1 atom stereocenters. The number of hydrogen-bond acceptors (Lipinski definition) is 4. The summed E-state index contributed by atoms with van der Waals surface area (Å²) in [6, 6.07) is 12.8. The van der Waals surface area contributed by atoms with Crippen LogP contribution < -0.4 is 25.0 Å². The molecule has 2 rings (SSSR count). The Labute approximate surface area is 148 Å². The Morgan fingerprint density at radius 3 is 2.20 bits per heavy atom. The van der Waals surface area contributed by atoms with Crippen LogP contribution in [0.1, 0.15) is 18.5 Å². The SMILES string of the molecule is COc1ccc(C(C)NC(=O)Nc2ccc(N(C)C)cc2)cc1OC. The van der Waals surface area contributed by atoms with Gasteiger partial charge in [0.05, 0.1) is 20.3 Å². The number of carbonyl (C=O) groups excluding carboxylic acids is 1. The molecular weight excluding hydrogens is 318 g/mol. The number of rotatable bonds is 6. The van der Waals surface area contributed by atoms with E-state index in [1.165, 1.54) is 0 Å². The Bertz CT molecular complexity index is 714. The first-order valence-electron chi connectivity index (χ1n) is 8.01. The van der Waals surface area contributed by atoms with Crippen LogP contribution in [0.25, 0.3) is 0 Å². The average Bonchev–Trinajstić information content (AvgIpc) is 2.61. The minimum absolute atomic E-state index is 0.180. The van der Waals surface area contributed by atoms with E-state index in [-0.39, 0.29) is 12.1 Å². The van der Waals surface area contributed by atoms with Gasteiger partial charge in [-0.15, -0.1) is 0 Å². The number of hydrogen-bond donors (Lipinski definition) is 2. The Morgan fingerprint density at radius 2 is 1.64 bits per heavy atom.